The van der Waals surface area contributed by atoms with Gasteiger partial charge in [-0.05, 0) is 23.3 Å². The molecule has 1 aliphatic heterocycles. The van der Waals surface area contributed by atoms with Gasteiger partial charge in [0.15, 0.2) is 11.4 Å². The van der Waals surface area contributed by atoms with Gasteiger partial charge in [-0.3, -0.25) is 9.78 Å². The van der Waals surface area contributed by atoms with Crippen molar-refractivity contribution in [2.24, 2.45) is 5.92 Å². The van der Waals surface area contributed by atoms with Gasteiger partial charge in [0, 0.05) is 5.92 Å². The van der Waals surface area contributed by atoms with Crippen LogP contribution in [0.15, 0.2) is 67.0 Å². The normalized spacial score (nSPS) is 27.6. The Morgan fingerprint density at radius 2 is 1.76 bits per heavy atom. The number of halogens is 3. The van der Waals surface area contributed by atoms with Crippen LogP contribution in [-0.4, -0.2) is 29.3 Å². The van der Waals surface area contributed by atoms with Crippen LogP contribution in [0.2, 0.25) is 0 Å². The predicted octanol–water partition coefficient (Wildman–Crippen LogP) is 3.77. The number of nitrogens with zero attached hydrogens (tertiary/aromatic N) is 1. The molecule has 34 heavy (non-hydrogen) atoms. The second-order valence-corrected chi connectivity index (χ2v) is 8.25. The van der Waals surface area contributed by atoms with Crippen LogP contribution < -0.4 is 9.47 Å². The zero-order valence-electron chi connectivity index (χ0n) is 17.7. The number of alkyl halides is 3. The topological polar surface area (TPSA) is 85.7 Å². The van der Waals surface area contributed by atoms with Gasteiger partial charge in [0.05, 0.1) is 36.5 Å². The molecule has 1 aromatic heterocycles. The third-order valence-electron chi connectivity index (χ3n) is 6.67. The minimum atomic E-state index is -4.59. The Morgan fingerprint density at radius 1 is 1.09 bits per heavy atom. The largest absolute Gasteiger partial charge is 0.495 e. The molecule has 1 aliphatic carbocycles. The van der Waals surface area contributed by atoms with Crippen molar-refractivity contribution >= 4 is 12.1 Å². The van der Waals surface area contributed by atoms with Crippen LogP contribution in [0.3, 0.4) is 0 Å². The smallest absolute Gasteiger partial charge is 0.416 e. The molecule has 0 radical (unpaired) electrons. The Balaban J connectivity index is 1.85. The Hall–Kier alpha value is -3.72. The number of ketones is 1. The van der Waals surface area contributed by atoms with Gasteiger partial charge in [0.2, 0.25) is 5.60 Å². The van der Waals surface area contributed by atoms with Gasteiger partial charge in [0.25, 0.3) is 0 Å². The maximum Gasteiger partial charge on any atom is 0.416 e. The zero-order chi connectivity index (χ0) is 24.3. The molecule has 2 aliphatic rings. The number of methoxy groups -OCH3 is 1. The fraction of sp³-hybridized carbons (Fsp3) is 0.240. The predicted molar refractivity (Wildman–Crippen MR) is 112 cm³/mol. The summed E-state index contributed by atoms with van der Waals surface area (Å²) >= 11 is 0. The van der Waals surface area contributed by atoms with Crippen LogP contribution in [0.1, 0.15) is 28.2 Å². The van der Waals surface area contributed by atoms with E-state index in [1.165, 1.54) is 19.5 Å². The molecule has 2 heterocycles. The molecule has 0 amide bonds. The number of rotatable bonds is 4. The molecule has 9 heteroatoms. The molecule has 3 aromatic rings. The van der Waals surface area contributed by atoms with Gasteiger partial charge in [-0.25, -0.2) is 0 Å². The van der Waals surface area contributed by atoms with E-state index in [2.05, 4.69) is 4.98 Å². The van der Waals surface area contributed by atoms with E-state index in [-0.39, 0.29) is 22.6 Å². The van der Waals surface area contributed by atoms with Crippen molar-refractivity contribution in [3.63, 3.8) is 0 Å². The molecule has 0 unspecified atom stereocenters. The fourth-order valence-corrected chi connectivity index (χ4v) is 5.28. The van der Waals surface area contributed by atoms with Crippen LogP contribution in [0.25, 0.3) is 0 Å². The molecule has 0 saturated heterocycles. The summed E-state index contributed by atoms with van der Waals surface area (Å²) in [6.07, 6.45) is -1.55. The summed E-state index contributed by atoms with van der Waals surface area (Å²) in [5.74, 6) is -3.11. The summed E-state index contributed by atoms with van der Waals surface area (Å²) in [7, 11) is 1.32. The van der Waals surface area contributed by atoms with E-state index in [0.717, 1.165) is 24.3 Å². The molecule has 0 spiro atoms. The maximum absolute atomic E-state index is 13.7. The lowest BCUT2D eigenvalue weighted by Crippen LogP contribution is -2.50. The van der Waals surface area contributed by atoms with Gasteiger partial charge in [-0.15, -0.1) is 0 Å². The number of carbonyl (C=O) groups excluding carboxylic acids is 2. The molecule has 5 rings (SSSR count). The lowest BCUT2D eigenvalue weighted by molar-refractivity contribution is -0.152. The van der Waals surface area contributed by atoms with E-state index in [4.69, 9.17) is 9.47 Å². The first-order chi connectivity index (χ1) is 16.2. The Labute approximate surface area is 192 Å². The van der Waals surface area contributed by atoms with Crippen molar-refractivity contribution in [1.29, 1.82) is 0 Å². The number of aromatic nitrogens is 1. The summed E-state index contributed by atoms with van der Waals surface area (Å²) in [5.41, 5.74) is -4.68. The van der Waals surface area contributed by atoms with Crippen LogP contribution in [0.5, 0.6) is 11.5 Å². The highest BCUT2D eigenvalue weighted by molar-refractivity contribution is 6.06. The van der Waals surface area contributed by atoms with Crippen molar-refractivity contribution in [3.8, 4) is 11.5 Å². The summed E-state index contributed by atoms with van der Waals surface area (Å²) in [6, 6.07) is 12.5. The highest BCUT2D eigenvalue weighted by Gasteiger charge is 2.77. The number of hydrogen-bond donors (Lipinski definition) is 1. The highest BCUT2D eigenvalue weighted by Crippen LogP contribution is 2.67. The number of aldehydes is 1. The SMILES string of the molecule is COc1cncc2c1[C@]1(O)C(=O)[C@H](C=O)[C@@H](c3ccccc3)[C@]1(c1ccc(C(F)(F)F)cc1)O2. The second kappa shape index (κ2) is 7.39. The van der Waals surface area contributed by atoms with Gasteiger partial charge in [0.1, 0.15) is 17.8 Å². The number of Topliss-reactive ketones (excluding diaryl/α,β-unsaturated/α-hetero) is 1. The number of aliphatic hydroxyl groups is 1. The number of fused-ring (bicyclic) bond motifs is 3. The van der Waals surface area contributed by atoms with Gasteiger partial charge in [-0.1, -0.05) is 42.5 Å². The lowest BCUT2D eigenvalue weighted by atomic mass is 9.70. The van der Waals surface area contributed by atoms with Crippen LogP contribution >= 0.6 is 0 Å². The van der Waals surface area contributed by atoms with Crippen LogP contribution in [0.4, 0.5) is 13.2 Å². The van der Waals surface area contributed by atoms with Crippen molar-refractivity contribution in [1.82, 2.24) is 4.98 Å². The lowest BCUT2D eigenvalue weighted by Gasteiger charge is -2.39. The van der Waals surface area contributed by atoms with Crippen molar-refractivity contribution < 1.29 is 37.3 Å². The molecule has 1 fully saturated rings. The van der Waals surface area contributed by atoms with E-state index in [1.807, 2.05) is 0 Å². The van der Waals surface area contributed by atoms with E-state index in [0.29, 0.717) is 11.8 Å². The number of benzene rings is 2. The van der Waals surface area contributed by atoms with Gasteiger partial charge in [-0.2, -0.15) is 13.2 Å². The van der Waals surface area contributed by atoms with E-state index >= 15 is 0 Å². The molecule has 4 atom stereocenters. The summed E-state index contributed by atoms with van der Waals surface area (Å²) < 4.78 is 51.4. The third-order valence-corrected chi connectivity index (χ3v) is 6.67. The fourth-order valence-electron chi connectivity index (χ4n) is 5.28. The minimum absolute atomic E-state index is 0.0137. The summed E-state index contributed by atoms with van der Waals surface area (Å²) in [4.78, 5) is 30.0. The average molecular weight is 469 g/mol. The molecule has 2 aromatic carbocycles. The second-order valence-electron chi connectivity index (χ2n) is 8.25. The van der Waals surface area contributed by atoms with E-state index < -0.39 is 40.6 Å². The number of ether oxygens (including phenoxy) is 2. The Bertz CT molecular complexity index is 1280. The number of hydrogen-bond acceptors (Lipinski definition) is 6. The molecular weight excluding hydrogens is 451 g/mol. The zero-order valence-corrected chi connectivity index (χ0v) is 17.7. The molecule has 6 nitrogen and oxygen atoms in total. The first-order valence-corrected chi connectivity index (χ1v) is 10.4. The Kier molecular flexibility index (Phi) is 4.80. The van der Waals surface area contributed by atoms with E-state index in [9.17, 15) is 27.9 Å². The standard InChI is InChI=1S/C25H18F3NO5/c1-33-18-11-29-12-19-21(18)23(32)22(31)17(13-30)20(14-5-3-2-4-6-14)24(23,34-19)15-7-9-16(10-8-15)25(26,27)28/h2-13,17,20,32H,1H3/t17-,20-,23+,24+/m1/s1. The van der Waals surface area contributed by atoms with Crippen molar-refractivity contribution in [2.75, 3.05) is 7.11 Å². The molecular formula is C25H18F3NO5. The average Bonchev–Trinajstić information content (AvgIpc) is 3.22. The van der Waals surface area contributed by atoms with Gasteiger partial charge < -0.3 is 19.4 Å². The summed E-state index contributed by atoms with van der Waals surface area (Å²) in [6.45, 7) is 0. The van der Waals surface area contributed by atoms with Gasteiger partial charge >= 0.3 is 6.18 Å². The number of carbonyl (C=O) groups is 2. The quantitative estimate of drug-likeness (QED) is 0.463. The molecule has 0 bridgehead atoms. The first kappa shape index (κ1) is 22.1. The number of pyridine rings is 1. The molecule has 1 N–H and O–H groups in total. The Morgan fingerprint density at radius 3 is 2.35 bits per heavy atom. The van der Waals surface area contributed by atoms with Crippen LogP contribution in [-0.2, 0) is 27.0 Å². The molecule has 1 saturated carbocycles. The van der Waals surface area contributed by atoms with Crippen molar-refractivity contribution in [3.05, 3.63) is 89.2 Å². The summed E-state index contributed by atoms with van der Waals surface area (Å²) in [5, 5.41) is 12.2. The van der Waals surface area contributed by atoms with E-state index in [1.54, 1.807) is 30.3 Å². The van der Waals surface area contributed by atoms with Crippen LogP contribution in [0, 0.1) is 5.92 Å². The molecule has 174 valence electrons. The minimum Gasteiger partial charge on any atom is -0.495 e. The highest BCUT2D eigenvalue weighted by atomic mass is 19.4. The van der Waals surface area contributed by atoms with Crippen molar-refractivity contribution in [2.45, 2.75) is 23.3 Å². The monoisotopic (exact) mass is 469 g/mol. The third kappa shape index (κ3) is 2.70. The first-order valence-electron chi connectivity index (χ1n) is 10.4. The maximum atomic E-state index is 13.7.